The molecule has 0 unspecified atom stereocenters. The van der Waals surface area contributed by atoms with Gasteiger partial charge in [0, 0.05) is 12.0 Å². The van der Waals surface area contributed by atoms with Crippen LogP contribution in [-0.2, 0) is 26.3 Å². The minimum Gasteiger partial charge on any atom is -0.326 e. The topological polar surface area (TPSA) is 91.9 Å². The van der Waals surface area contributed by atoms with Crippen LogP contribution in [0, 0.1) is 25.7 Å². The molecule has 3 amide bonds. The van der Waals surface area contributed by atoms with Gasteiger partial charge in [-0.25, -0.2) is 0 Å². The van der Waals surface area contributed by atoms with Gasteiger partial charge in [-0.1, -0.05) is 42.0 Å². The van der Waals surface area contributed by atoms with Crippen molar-refractivity contribution in [3.63, 3.8) is 0 Å². The summed E-state index contributed by atoms with van der Waals surface area (Å²) >= 11 is 0. The molecule has 1 spiro atoms. The van der Waals surface area contributed by atoms with Gasteiger partial charge in [-0.15, -0.1) is 0 Å². The average molecular weight is 376 g/mol. The molecule has 4 atom stereocenters. The van der Waals surface area contributed by atoms with Crippen LogP contribution < -0.4 is 16.0 Å². The van der Waals surface area contributed by atoms with Gasteiger partial charge in [0.1, 0.15) is 17.9 Å². The Hall–Kier alpha value is -2.99. The number of anilines is 1. The van der Waals surface area contributed by atoms with Crippen molar-refractivity contribution in [1.29, 1.82) is 0 Å². The predicted octanol–water partition coefficient (Wildman–Crippen LogP) is 0.528. The number of nitrogens with one attached hydrogen (secondary N) is 2. The lowest BCUT2D eigenvalue weighted by Crippen LogP contribution is -2.99. The Morgan fingerprint density at radius 2 is 1.75 bits per heavy atom. The van der Waals surface area contributed by atoms with E-state index in [4.69, 9.17) is 0 Å². The van der Waals surface area contributed by atoms with Crippen LogP contribution >= 0.6 is 0 Å². The summed E-state index contributed by atoms with van der Waals surface area (Å²) in [5.41, 5.74) is 3.61. The molecule has 0 aliphatic carbocycles. The molecular weight excluding hydrogens is 354 g/mol. The lowest BCUT2D eigenvalue weighted by atomic mass is 9.75. The maximum atomic E-state index is 13.3. The number of carbonyl (C=O) groups excluding carboxylic acids is 3. The Kier molecular flexibility index (Phi) is 3.52. The fourth-order valence-electron chi connectivity index (χ4n) is 5.42. The summed E-state index contributed by atoms with van der Waals surface area (Å²) in [5, 5.41) is 7.46. The van der Waals surface area contributed by atoms with E-state index in [0.717, 1.165) is 27.9 Å². The smallest absolute Gasteiger partial charge is 0.291 e. The zero-order valence-electron chi connectivity index (χ0n) is 15.8. The van der Waals surface area contributed by atoms with Crippen LogP contribution in [0.5, 0.6) is 0 Å². The quantitative estimate of drug-likeness (QED) is 0.668. The normalized spacial score (nSPS) is 30.4. The van der Waals surface area contributed by atoms with E-state index in [1.54, 1.807) is 0 Å². The minimum atomic E-state index is -1.09. The van der Waals surface area contributed by atoms with Crippen molar-refractivity contribution in [2.75, 3.05) is 5.32 Å². The third kappa shape index (κ3) is 2.15. The second kappa shape index (κ2) is 5.75. The molecule has 28 heavy (non-hydrogen) atoms. The van der Waals surface area contributed by atoms with Crippen LogP contribution in [0.25, 0.3) is 0 Å². The van der Waals surface area contributed by atoms with Crippen LogP contribution in [0.4, 0.5) is 5.69 Å². The fraction of sp³-hybridized carbons (Fsp3) is 0.318. The SMILES string of the molecule is Cc1cc(C)c2c(c1)[C@@]1([NH2+][C@H](Cc3ccccc3)[C@H]3C(=O)NC(=O)[C@H]31)C(=O)N2. The third-order valence-corrected chi connectivity index (χ3v) is 6.47. The standard InChI is InChI=1S/C22H21N3O3/c1-11-8-12(2)18-14(9-11)22(21(28)23-18)17-16(19(26)24-20(17)27)15(25-22)10-13-6-4-3-5-7-13/h3-9,15-17,25H,10H2,1-2H3,(H,23,28)(H,24,26,27)/p+1/t15-,16-,17+,22+/m1/s1. The van der Waals surface area contributed by atoms with Crippen molar-refractivity contribution in [3.8, 4) is 0 Å². The van der Waals surface area contributed by atoms with Gasteiger partial charge in [0.15, 0.2) is 0 Å². The molecule has 2 saturated heterocycles. The number of hydrogen-bond donors (Lipinski definition) is 3. The van der Waals surface area contributed by atoms with Crippen LogP contribution in [0.15, 0.2) is 42.5 Å². The van der Waals surface area contributed by atoms with Gasteiger partial charge in [-0.05, 0) is 31.0 Å². The van der Waals surface area contributed by atoms with Gasteiger partial charge < -0.3 is 10.6 Å². The molecule has 0 aromatic heterocycles. The summed E-state index contributed by atoms with van der Waals surface area (Å²) in [4.78, 5) is 38.8. The molecule has 3 heterocycles. The second-order valence-corrected chi connectivity index (χ2v) is 8.20. The number of carbonyl (C=O) groups is 3. The Bertz CT molecular complexity index is 1030. The molecule has 6 nitrogen and oxygen atoms in total. The number of hydrogen-bond acceptors (Lipinski definition) is 3. The van der Waals surface area contributed by atoms with E-state index in [1.165, 1.54) is 0 Å². The molecule has 142 valence electrons. The van der Waals surface area contributed by atoms with Crippen molar-refractivity contribution in [1.82, 2.24) is 5.32 Å². The number of rotatable bonds is 2. The highest BCUT2D eigenvalue weighted by atomic mass is 16.2. The van der Waals surface area contributed by atoms with Gasteiger partial charge in [-0.2, -0.15) is 0 Å². The van der Waals surface area contributed by atoms with Crippen molar-refractivity contribution in [3.05, 3.63) is 64.7 Å². The Morgan fingerprint density at radius 1 is 1.00 bits per heavy atom. The number of aryl methyl sites for hydroxylation is 2. The molecule has 6 heteroatoms. The van der Waals surface area contributed by atoms with Crippen LogP contribution in [0.1, 0.15) is 22.3 Å². The lowest BCUT2D eigenvalue weighted by Gasteiger charge is -2.24. The van der Waals surface area contributed by atoms with E-state index in [-0.39, 0.29) is 23.8 Å². The van der Waals surface area contributed by atoms with Crippen LogP contribution in [0.2, 0.25) is 0 Å². The third-order valence-electron chi connectivity index (χ3n) is 6.47. The number of imide groups is 1. The van der Waals surface area contributed by atoms with E-state index >= 15 is 0 Å². The van der Waals surface area contributed by atoms with E-state index in [2.05, 4.69) is 10.6 Å². The molecule has 0 saturated carbocycles. The van der Waals surface area contributed by atoms with Crippen molar-refractivity contribution in [2.24, 2.45) is 11.8 Å². The van der Waals surface area contributed by atoms with E-state index in [0.29, 0.717) is 6.42 Å². The number of amides is 3. The first kappa shape index (κ1) is 17.1. The second-order valence-electron chi connectivity index (χ2n) is 8.20. The van der Waals surface area contributed by atoms with Gasteiger partial charge in [0.2, 0.25) is 17.4 Å². The van der Waals surface area contributed by atoms with Gasteiger partial charge in [0.25, 0.3) is 5.91 Å². The van der Waals surface area contributed by atoms with Crippen LogP contribution in [0.3, 0.4) is 0 Å². The predicted molar refractivity (Wildman–Crippen MR) is 102 cm³/mol. The van der Waals surface area contributed by atoms with Gasteiger partial charge in [0.05, 0.1) is 5.69 Å². The highest BCUT2D eigenvalue weighted by Crippen LogP contribution is 2.48. The molecule has 3 aliphatic rings. The molecule has 3 aliphatic heterocycles. The first-order valence-corrected chi connectivity index (χ1v) is 9.59. The first-order valence-electron chi connectivity index (χ1n) is 9.59. The van der Waals surface area contributed by atoms with E-state index in [1.807, 2.05) is 61.6 Å². The maximum Gasteiger partial charge on any atom is 0.291 e. The summed E-state index contributed by atoms with van der Waals surface area (Å²) in [6.07, 6.45) is 0.623. The number of quaternary nitrogens is 1. The fourth-order valence-corrected chi connectivity index (χ4v) is 5.42. The molecule has 2 fully saturated rings. The number of fused-ring (bicyclic) bond motifs is 4. The monoisotopic (exact) mass is 376 g/mol. The summed E-state index contributed by atoms with van der Waals surface area (Å²) in [7, 11) is 0. The number of benzene rings is 2. The Labute approximate surface area is 162 Å². The molecule has 5 rings (SSSR count). The Morgan fingerprint density at radius 3 is 2.50 bits per heavy atom. The lowest BCUT2D eigenvalue weighted by molar-refractivity contribution is -0.733. The maximum absolute atomic E-state index is 13.3. The highest BCUT2D eigenvalue weighted by molar-refractivity contribution is 6.14. The largest absolute Gasteiger partial charge is 0.326 e. The van der Waals surface area contributed by atoms with Crippen LogP contribution in [-0.4, -0.2) is 23.8 Å². The van der Waals surface area contributed by atoms with Crippen molar-refractivity contribution >= 4 is 23.4 Å². The van der Waals surface area contributed by atoms with Gasteiger partial charge in [-0.3, -0.25) is 19.7 Å². The average Bonchev–Trinajstić information content (AvgIpc) is 3.24. The first-order chi connectivity index (χ1) is 13.4. The molecular formula is C22H22N3O3+. The van der Waals surface area contributed by atoms with E-state index < -0.39 is 17.4 Å². The summed E-state index contributed by atoms with van der Waals surface area (Å²) < 4.78 is 0. The summed E-state index contributed by atoms with van der Waals surface area (Å²) in [6, 6.07) is 13.7. The zero-order chi connectivity index (χ0) is 19.6. The van der Waals surface area contributed by atoms with Crippen molar-refractivity contribution < 1.29 is 19.7 Å². The minimum absolute atomic E-state index is 0.184. The Balaban J connectivity index is 1.66. The van der Waals surface area contributed by atoms with E-state index in [9.17, 15) is 14.4 Å². The highest BCUT2D eigenvalue weighted by Gasteiger charge is 2.72. The molecule has 2 aromatic carbocycles. The molecule has 4 N–H and O–H groups in total. The summed E-state index contributed by atoms with van der Waals surface area (Å²) in [6.45, 7) is 3.94. The molecule has 0 bridgehead atoms. The molecule has 2 aromatic rings. The van der Waals surface area contributed by atoms with Gasteiger partial charge >= 0.3 is 0 Å². The molecule has 0 radical (unpaired) electrons. The van der Waals surface area contributed by atoms with Crippen molar-refractivity contribution in [2.45, 2.75) is 31.8 Å². The summed E-state index contributed by atoms with van der Waals surface area (Å²) in [5.74, 6) is -2.04. The number of nitrogens with two attached hydrogens (primary N) is 1. The zero-order valence-corrected chi connectivity index (χ0v) is 15.8.